The molecule has 1 unspecified atom stereocenters. The molecule has 0 aliphatic rings. The summed E-state index contributed by atoms with van der Waals surface area (Å²) in [6.07, 6.45) is 3.10. The Kier molecular flexibility index (Phi) is 3.00. The Hall–Kier alpha value is -1.69. The molecule has 2 rings (SSSR count). The van der Waals surface area contributed by atoms with Crippen LogP contribution in [0.25, 0.3) is 11.2 Å². The number of aliphatic hydroxyl groups is 1. The second-order valence-electron chi connectivity index (χ2n) is 3.95. The van der Waals surface area contributed by atoms with Crippen LogP contribution in [0, 0.1) is 5.92 Å². The number of fused-ring (bicyclic) bond motifs is 1. The van der Waals surface area contributed by atoms with Crippen molar-refractivity contribution in [1.82, 2.24) is 19.9 Å². The third kappa shape index (κ3) is 2.11. The summed E-state index contributed by atoms with van der Waals surface area (Å²) in [5, 5.41) is 8.92. The van der Waals surface area contributed by atoms with E-state index in [9.17, 15) is 0 Å². The molecule has 2 heterocycles. The first-order chi connectivity index (χ1) is 7.70. The number of imidazole rings is 1. The Morgan fingerprint density at radius 2 is 2.31 bits per heavy atom. The molecular weight excluding hydrogens is 206 g/mol. The van der Waals surface area contributed by atoms with Crippen LogP contribution in [0.4, 0.5) is 5.82 Å². The van der Waals surface area contributed by atoms with Crippen LogP contribution in [0.3, 0.4) is 0 Å². The van der Waals surface area contributed by atoms with Gasteiger partial charge in [0.25, 0.3) is 0 Å². The quantitative estimate of drug-likeness (QED) is 0.697. The van der Waals surface area contributed by atoms with E-state index in [0.717, 1.165) is 6.42 Å². The van der Waals surface area contributed by atoms with Crippen molar-refractivity contribution in [2.24, 2.45) is 5.92 Å². The number of hydrogen-bond acceptors (Lipinski definition) is 5. The number of rotatable bonds is 4. The zero-order valence-corrected chi connectivity index (χ0v) is 9.14. The van der Waals surface area contributed by atoms with E-state index in [-0.39, 0.29) is 12.5 Å². The average Bonchev–Trinajstić information content (AvgIpc) is 2.74. The topological polar surface area (TPSA) is 101 Å². The van der Waals surface area contributed by atoms with Gasteiger partial charge in [-0.2, -0.15) is 0 Å². The number of H-pyrrole nitrogens is 1. The summed E-state index contributed by atoms with van der Waals surface area (Å²) >= 11 is 0. The Labute approximate surface area is 92.9 Å². The molecule has 0 fully saturated rings. The van der Waals surface area contributed by atoms with Crippen molar-refractivity contribution in [2.45, 2.75) is 19.8 Å². The van der Waals surface area contributed by atoms with Crippen molar-refractivity contribution < 1.29 is 5.11 Å². The lowest BCUT2D eigenvalue weighted by molar-refractivity contribution is 0.230. The maximum Gasteiger partial charge on any atom is 0.163 e. The number of nitrogens with one attached hydrogen (secondary N) is 1. The highest BCUT2D eigenvalue weighted by Crippen LogP contribution is 2.14. The van der Waals surface area contributed by atoms with Gasteiger partial charge in [0.15, 0.2) is 11.5 Å². The number of hydrogen-bond donors (Lipinski definition) is 3. The molecule has 6 heteroatoms. The minimum absolute atomic E-state index is 0.182. The fourth-order valence-electron chi connectivity index (χ4n) is 1.48. The van der Waals surface area contributed by atoms with Crippen molar-refractivity contribution in [3.8, 4) is 0 Å². The SMILES string of the molecule is CC(CO)CCc1nc(N)c2nc[nH]c2n1. The zero-order chi connectivity index (χ0) is 11.5. The second kappa shape index (κ2) is 4.44. The van der Waals surface area contributed by atoms with E-state index in [1.807, 2.05) is 6.92 Å². The molecule has 16 heavy (non-hydrogen) atoms. The second-order valence-corrected chi connectivity index (χ2v) is 3.95. The average molecular weight is 221 g/mol. The summed E-state index contributed by atoms with van der Waals surface area (Å²) in [6.45, 7) is 2.17. The smallest absolute Gasteiger partial charge is 0.163 e. The van der Waals surface area contributed by atoms with Crippen molar-refractivity contribution in [3.05, 3.63) is 12.2 Å². The molecule has 0 amide bonds. The summed E-state index contributed by atoms with van der Waals surface area (Å²) in [7, 11) is 0. The molecular formula is C10H15N5O. The van der Waals surface area contributed by atoms with Crippen LogP contribution in [-0.2, 0) is 6.42 Å². The van der Waals surface area contributed by atoms with Crippen molar-refractivity contribution in [3.63, 3.8) is 0 Å². The van der Waals surface area contributed by atoms with Crippen molar-refractivity contribution in [1.29, 1.82) is 0 Å². The molecule has 0 spiro atoms. The Balaban J connectivity index is 2.18. The first-order valence-electron chi connectivity index (χ1n) is 5.27. The number of aliphatic hydroxyl groups excluding tert-OH is 1. The number of aromatic amines is 1. The number of aryl methyl sites for hydroxylation is 1. The van der Waals surface area contributed by atoms with Crippen LogP contribution in [0.1, 0.15) is 19.2 Å². The minimum Gasteiger partial charge on any atom is -0.396 e. The van der Waals surface area contributed by atoms with Crippen molar-refractivity contribution in [2.75, 3.05) is 12.3 Å². The van der Waals surface area contributed by atoms with E-state index in [4.69, 9.17) is 10.8 Å². The molecule has 0 aromatic carbocycles. The third-order valence-corrected chi connectivity index (χ3v) is 2.52. The maximum absolute atomic E-state index is 8.92. The number of nitrogens with two attached hydrogens (primary N) is 1. The van der Waals surface area contributed by atoms with Crippen LogP contribution in [0.15, 0.2) is 6.33 Å². The lowest BCUT2D eigenvalue weighted by atomic mass is 10.1. The Morgan fingerprint density at radius 1 is 1.50 bits per heavy atom. The van der Waals surface area contributed by atoms with E-state index < -0.39 is 0 Å². The van der Waals surface area contributed by atoms with Crippen LogP contribution in [0.5, 0.6) is 0 Å². The van der Waals surface area contributed by atoms with Gasteiger partial charge in [-0.05, 0) is 12.3 Å². The molecule has 0 saturated heterocycles. The fraction of sp³-hybridized carbons (Fsp3) is 0.500. The molecule has 0 aliphatic carbocycles. The van der Waals surface area contributed by atoms with E-state index >= 15 is 0 Å². The standard InChI is InChI=1S/C10H15N5O/c1-6(4-16)2-3-7-14-9(11)8-10(15-7)13-5-12-8/h5-6,16H,2-4H2,1H3,(H3,11,12,13,14,15). The van der Waals surface area contributed by atoms with Gasteiger partial charge in [-0.3, -0.25) is 0 Å². The molecule has 86 valence electrons. The Bertz CT molecular complexity index is 481. The fourth-order valence-corrected chi connectivity index (χ4v) is 1.48. The maximum atomic E-state index is 8.92. The highest BCUT2D eigenvalue weighted by Gasteiger charge is 2.08. The molecule has 2 aromatic heterocycles. The minimum atomic E-state index is 0.182. The number of aromatic nitrogens is 4. The van der Waals surface area contributed by atoms with Gasteiger partial charge < -0.3 is 15.8 Å². The molecule has 0 saturated carbocycles. The normalized spacial score (nSPS) is 13.1. The van der Waals surface area contributed by atoms with Crippen LogP contribution < -0.4 is 5.73 Å². The molecule has 1 atom stereocenters. The van der Waals surface area contributed by atoms with Gasteiger partial charge >= 0.3 is 0 Å². The lowest BCUT2D eigenvalue weighted by Crippen LogP contribution is -2.06. The third-order valence-electron chi connectivity index (χ3n) is 2.52. The van der Waals surface area contributed by atoms with E-state index in [0.29, 0.717) is 29.2 Å². The first-order valence-corrected chi connectivity index (χ1v) is 5.27. The summed E-state index contributed by atoms with van der Waals surface area (Å²) in [5.41, 5.74) is 7.03. The molecule has 0 bridgehead atoms. The van der Waals surface area contributed by atoms with E-state index in [1.54, 1.807) is 6.33 Å². The van der Waals surface area contributed by atoms with Gasteiger partial charge in [-0.15, -0.1) is 0 Å². The number of nitrogen functional groups attached to an aromatic ring is 1. The Morgan fingerprint density at radius 3 is 3.06 bits per heavy atom. The molecule has 0 radical (unpaired) electrons. The predicted octanol–water partition coefficient (Wildman–Crippen LogP) is 0.496. The summed E-state index contributed by atoms with van der Waals surface area (Å²) in [4.78, 5) is 15.4. The molecule has 6 nitrogen and oxygen atoms in total. The van der Waals surface area contributed by atoms with Gasteiger partial charge in [0.2, 0.25) is 0 Å². The largest absolute Gasteiger partial charge is 0.396 e. The van der Waals surface area contributed by atoms with Gasteiger partial charge in [-0.1, -0.05) is 6.92 Å². The summed E-state index contributed by atoms with van der Waals surface area (Å²) < 4.78 is 0. The highest BCUT2D eigenvalue weighted by atomic mass is 16.3. The van der Waals surface area contributed by atoms with Gasteiger partial charge in [-0.25, -0.2) is 15.0 Å². The van der Waals surface area contributed by atoms with Crippen molar-refractivity contribution >= 4 is 17.0 Å². The van der Waals surface area contributed by atoms with Crippen LogP contribution >= 0.6 is 0 Å². The monoisotopic (exact) mass is 221 g/mol. The zero-order valence-electron chi connectivity index (χ0n) is 9.14. The van der Waals surface area contributed by atoms with Crippen LogP contribution in [0.2, 0.25) is 0 Å². The predicted molar refractivity (Wildman–Crippen MR) is 60.7 cm³/mol. The lowest BCUT2D eigenvalue weighted by Gasteiger charge is -2.06. The van der Waals surface area contributed by atoms with E-state index in [1.165, 1.54) is 0 Å². The number of nitrogens with zero attached hydrogens (tertiary/aromatic N) is 3. The highest BCUT2D eigenvalue weighted by molar-refractivity contribution is 5.80. The number of anilines is 1. The molecule has 2 aromatic rings. The van der Waals surface area contributed by atoms with Crippen LogP contribution in [-0.4, -0.2) is 31.6 Å². The van der Waals surface area contributed by atoms with Gasteiger partial charge in [0.05, 0.1) is 6.33 Å². The summed E-state index contributed by atoms with van der Waals surface area (Å²) in [5.74, 6) is 1.34. The molecule has 0 aliphatic heterocycles. The van der Waals surface area contributed by atoms with E-state index in [2.05, 4.69) is 19.9 Å². The first kappa shape index (κ1) is 10.8. The van der Waals surface area contributed by atoms with Gasteiger partial charge in [0.1, 0.15) is 11.3 Å². The summed E-state index contributed by atoms with van der Waals surface area (Å²) in [6, 6.07) is 0. The molecule has 4 N–H and O–H groups in total. The van der Waals surface area contributed by atoms with Gasteiger partial charge in [0, 0.05) is 13.0 Å².